The van der Waals surface area contributed by atoms with Gasteiger partial charge in [0.15, 0.2) is 0 Å². The molecule has 0 aliphatic heterocycles. The minimum Gasteiger partial charge on any atom is -0.311 e. The maximum absolute atomic E-state index is 3.78. The lowest BCUT2D eigenvalue weighted by molar-refractivity contribution is 0.240. The third kappa shape index (κ3) is 4.00. The van der Waals surface area contributed by atoms with Crippen LogP contribution in [0.4, 0.5) is 0 Å². The van der Waals surface area contributed by atoms with Crippen molar-refractivity contribution in [2.75, 3.05) is 6.54 Å². The maximum atomic E-state index is 3.78. The van der Waals surface area contributed by atoms with Crippen LogP contribution in [0.5, 0.6) is 0 Å². The summed E-state index contributed by atoms with van der Waals surface area (Å²) in [7, 11) is 0. The van der Waals surface area contributed by atoms with Crippen LogP contribution in [0.1, 0.15) is 65.7 Å². The van der Waals surface area contributed by atoms with Gasteiger partial charge in [-0.2, -0.15) is 0 Å². The van der Waals surface area contributed by atoms with E-state index in [2.05, 4.69) is 26.1 Å². The standard InChI is InChI=1S/C13H27N/c1-4-8-12(2)11-14-13(3)9-6-5-7-10-13/h12,14H,4-11H2,1-3H3. The molecule has 1 atom stereocenters. The van der Waals surface area contributed by atoms with Crippen molar-refractivity contribution in [2.24, 2.45) is 5.92 Å². The molecule has 0 aromatic carbocycles. The summed E-state index contributed by atoms with van der Waals surface area (Å²) in [6.45, 7) is 8.26. The molecule has 0 radical (unpaired) electrons. The quantitative estimate of drug-likeness (QED) is 0.708. The van der Waals surface area contributed by atoms with Crippen molar-refractivity contribution in [3.63, 3.8) is 0 Å². The van der Waals surface area contributed by atoms with Crippen molar-refractivity contribution in [1.82, 2.24) is 5.32 Å². The largest absolute Gasteiger partial charge is 0.311 e. The van der Waals surface area contributed by atoms with Crippen molar-refractivity contribution in [3.05, 3.63) is 0 Å². The van der Waals surface area contributed by atoms with Gasteiger partial charge in [-0.3, -0.25) is 0 Å². The summed E-state index contributed by atoms with van der Waals surface area (Å²) in [6.07, 6.45) is 9.74. The van der Waals surface area contributed by atoms with Crippen molar-refractivity contribution in [2.45, 2.75) is 71.3 Å². The maximum Gasteiger partial charge on any atom is 0.0153 e. The first-order chi connectivity index (χ1) is 6.66. The van der Waals surface area contributed by atoms with Crippen molar-refractivity contribution in [1.29, 1.82) is 0 Å². The lowest BCUT2D eigenvalue weighted by Crippen LogP contribution is -2.45. The van der Waals surface area contributed by atoms with Gasteiger partial charge in [-0.05, 0) is 38.6 Å². The fraction of sp³-hybridized carbons (Fsp3) is 1.00. The normalized spacial score (nSPS) is 23.4. The first-order valence-electron chi connectivity index (χ1n) is 6.41. The Morgan fingerprint density at radius 2 is 1.86 bits per heavy atom. The number of rotatable bonds is 5. The summed E-state index contributed by atoms with van der Waals surface area (Å²) in [6, 6.07) is 0. The van der Waals surface area contributed by atoms with E-state index < -0.39 is 0 Å². The topological polar surface area (TPSA) is 12.0 Å². The van der Waals surface area contributed by atoms with Gasteiger partial charge >= 0.3 is 0 Å². The summed E-state index contributed by atoms with van der Waals surface area (Å²) in [4.78, 5) is 0. The van der Waals surface area contributed by atoms with Crippen LogP contribution >= 0.6 is 0 Å². The third-order valence-corrected chi connectivity index (χ3v) is 3.62. The van der Waals surface area contributed by atoms with Crippen LogP contribution in [-0.2, 0) is 0 Å². The second-order valence-electron chi connectivity index (χ2n) is 5.40. The fourth-order valence-corrected chi connectivity index (χ4v) is 2.52. The van der Waals surface area contributed by atoms with Crippen LogP contribution < -0.4 is 5.32 Å². The molecule has 1 aliphatic rings. The highest BCUT2D eigenvalue weighted by molar-refractivity contribution is 4.86. The molecular weight excluding hydrogens is 170 g/mol. The van der Waals surface area contributed by atoms with E-state index in [4.69, 9.17) is 0 Å². The van der Waals surface area contributed by atoms with Gasteiger partial charge in [0.1, 0.15) is 0 Å². The Bertz CT molecular complexity index is 147. The Hall–Kier alpha value is -0.0400. The lowest BCUT2D eigenvalue weighted by Gasteiger charge is -2.35. The SMILES string of the molecule is CCCC(C)CNC1(C)CCCCC1. The highest BCUT2D eigenvalue weighted by Crippen LogP contribution is 2.27. The molecule has 1 nitrogen and oxygen atoms in total. The van der Waals surface area contributed by atoms with Crippen LogP contribution in [0, 0.1) is 5.92 Å². The minimum absolute atomic E-state index is 0.459. The van der Waals surface area contributed by atoms with E-state index in [1.54, 1.807) is 0 Å². The van der Waals surface area contributed by atoms with Gasteiger partial charge < -0.3 is 5.32 Å². The number of hydrogen-bond acceptors (Lipinski definition) is 1. The Kier molecular flexibility index (Phi) is 4.94. The third-order valence-electron chi connectivity index (χ3n) is 3.62. The van der Waals surface area contributed by atoms with Gasteiger partial charge in [0.2, 0.25) is 0 Å². The summed E-state index contributed by atoms with van der Waals surface area (Å²) >= 11 is 0. The molecule has 1 fully saturated rings. The molecule has 1 heteroatoms. The highest BCUT2D eigenvalue weighted by Gasteiger charge is 2.25. The molecule has 0 aromatic heterocycles. The van der Waals surface area contributed by atoms with Crippen molar-refractivity contribution < 1.29 is 0 Å². The average molecular weight is 197 g/mol. The Morgan fingerprint density at radius 1 is 1.21 bits per heavy atom. The minimum atomic E-state index is 0.459. The molecule has 0 spiro atoms. The zero-order chi connectivity index (χ0) is 10.4. The second-order valence-corrected chi connectivity index (χ2v) is 5.40. The number of nitrogens with one attached hydrogen (secondary N) is 1. The predicted octanol–water partition coefficient (Wildman–Crippen LogP) is 3.74. The Balaban J connectivity index is 2.21. The van der Waals surface area contributed by atoms with Crippen LogP contribution in [-0.4, -0.2) is 12.1 Å². The predicted molar refractivity (Wildman–Crippen MR) is 63.6 cm³/mol. The molecule has 1 saturated carbocycles. The van der Waals surface area contributed by atoms with E-state index >= 15 is 0 Å². The van der Waals surface area contributed by atoms with E-state index in [9.17, 15) is 0 Å². The zero-order valence-electron chi connectivity index (χ0n) is 10.2. The molecule has 84 valence electrons. The molecule has 0 saturated heterocycles. The van der Waals surface area contributed by atoms with E-state index in [1.807, 2.05) is 0 Å². The first kappa shape index (κ1) is 12.0. The van der Waals surface area contributed by atoms with Gasteiger partial charge in [0.25, 0.3) is 0 Å². The lowest BCUT2D eigenvalue weighted by atomic mass is 9.83. The Morgan fingerprint density at radius 3 is 2.43 bits per heavy atom. The summed E-state index contributed by atoms with van der Waals surface area (Å²) in [5.74, 6) is 0.846. The molecule has 0 heterocycles. The van der Waals surface area contributed by atoms with Crippen LogP contribution in [0.2, 0.25) is 0 Å². The molecule has 1 rings (SSSR count). The fourth-order valence-electron chi connectivity index (χ4n) is 2.52. The molecule has 1 N–H and O–H groups in total. The molecule has 1 unspecified atom stereocenters. The van der Waals surface area contributed by atoms with E-state index in [-0.39, 0.29) is 0 Å². The van der Waals surface area contributed by atoms with Crippen molar-refractivity contribution in [3.8, 4) is 0 Å². The average Bonchev–Trinajstić information content (AvgIpc) is 2.17. The van der Waals surface area contributed by atoms with Gasteiger partial charge in [-0.1, -0.05) is 39.5 Å². The Labute approximate surface area is 89.7 Å². The van der Waals surface area contributed by atoms with Gasteiger partial charge in [0.05, 0.1) is 0 Å². The zero-order valence-corrected chi connectivity index (χ0v) is 10.2. The van der Waals surface area contributed by atoms with E-state index in [0.29, 0.717) is 5.54 Å². The van der Waals surface area contributed by atoms with Crippen LogP contribution in [0.3, 0.4) is 0 Å². The van der Waals surface area contributed by atoms with Gasteiger partial charge in [-0.15, -0.1) is 0 Å². The van der Waals surface area contributed by atoms with E-state index in [0.717, 1.165) is 5.92 Å². The summed E-state index contributed by atoms with van der Waals surface area (Å²) in [5, 5.41) is 3.78. The van der Waals surface area contributed by atoms with Crippen LogP contribution in [0.15, 0.2) is 0 Å². The highest BCUT2D eigenvalue weighted by atomic mass is 15.0. The molecule has 0 amide bonds. The van der Waals surface area contributed by atoms with Gasteiger partial charge in [-0.25, -0.2) is 0 Å². The molecule has 0 aromatic rings. The van der Waals surface area contributed by atoms with E-state index in [1.165, 1.54) is 51.5 Å². The molecular formula is C13H27N. The van der Waals surface area contributed by atoms with Crippen molar-refractivity contribution >= 4 is 0 Å². The monoisotopic (exact) mass is 197 g/mol. The first-order valence-corrected chi connectivity index (χ1v) is 6.41. The molecule has 14 heavy (non-hydrogen) atoms. The van der Waals surface area contributed by atoms with Crippen LogP contribution in [0.25, 0.3) is 0 Å². The molecule has 1 aliphatic carbocycles. The second kappa shape index (κ2) is 5.75. The van der Waals surface area contributed by atoms with Gasteiger partial charge in [0, 0.05) is 5.54 Å². The summed E-state index contributed by atoms with van der Waals surface area (Å²) < 4.78 is 0. The summed E-state index contributed by atoms with van der Waals surface area (Å²) in [5.41, 5.74) is 0.459. The smallest absolute Gasteiger partial charge is 0.0153 e. The molecule has 0 bridgehead atoms. The number of hydrogen-bond donors (Lipinski definition) is 1.